The smallest absolute Gasteiger partial charge is 0.358 e. The van der Waals surface area contributed by atoms with E-state index >= 15 is 0 Å². The Kier molecular flexibility index (Phi) is 16.4. The van der Waals surface area contributed by atoms with E-state index in [1.54, 1.807) is 0 Å². The molecule has 0 aliphatic heterocycles. The van der Waals surface area contributed by atoms with Crippen LogP contribution < -0.4 is 0 Å². The number of benzene rings is 4. The summed E-state index contributed by atoms with van der Waals surface area (Å²) in [4.78, 5) is 0. The molecular formula is C46H58SiZr. The number of fused-ring (bicyclic) bond motifs is 2. The van der Waals surface area contributed by atoms with Crippen LogP contribution in [0.25, 0.3) is 43.8 Å². The van der Waals surface area contributed by atoms with Crippen molar-refractivity contribution in [3.63, 3.8) is 0 Å². The molecule has 0 saturated heterocycles. The molecule has 48 heavy (non-hydrogen) atoms. The fraction of sp³-hybridized carbons (Fsp3) is 0.304. The zero-order chi connectivity index (χ0) is 32.9. The van der Waals surface area contributed by atoms with Gasteiger partial charge in [0.25, 0.3) is 0 Å². The van der Waals surface area contributed by atoms with E-state index in [0.717, 1.165) is 9.52 Å². The predicted molar refractivity (Wildman–Crippen MR) is 216 cm³/mol. The number of rotatable bonds is 3. The summed E-state index contributed by atoms with van der Waals surface area (Å²) in [5.41, 5.74) is 11.2. The number of hydrogen-bond donors (Lipinski definition) is 0. The first-order valence-electron chi connectivity index (χ1n) is 16.4. The standard InChI is InChI=1S/C22H25.C20H21.C2H6Si.2CH3.Zr/c1-15(2)18-13-17-7-6-8-20(21(17)14-18)16-9-11-19(12-10-16)22(3,4)5;1-14-12-16-6-5-7-18(19(16)13-14)15-8-10-17(11-9-15)20(2,3)4;1-3-2;;;/h6-15H,1-5H3;5-13H,1-4H3;1-2H3;2*1H3;/q2*-1;;2*-1;+4. The maximum Gasteiger partial charge on any atom is 4.00 e. The van der Waals surface area contributed by atoms with Crippen molar-refractivity contribution < 1.29 is 26.2 Å². The normalized spacial score (nSPS) is 11.0. The van der Waals surface area contributed by atoms with Crippen molar-refractivity contribution in [2.45, 2.75) is 92.2 Å². The van der Waals surface area contributed by atoms with E-state index in [2.05, 4.69) is 185 Å². The van der Waals surface area contributed by atoms with Gasteiger partial charge in [0.15, 0.2) is 0 Å². The number of aryl methyl sites for hydroxylation is 1. The summed E-state index contributed by atoms with van der Waals surface area (Å²) in [6, 6.07) is 40.4. The fourth-order valence-corrected chi connectivity index (χ4v) is 5.78. The Morgan fingerprint density at radius 2 is 0.938 bits per heavy atom. The van der Waals surface area contributed by atoms with Crippen LogP contribution in [0.2, 0.25) is 13.1 Å². The molecule has 0 atom stereocenters. The van der Waals surface area contributed by atoms with Crippen molar-refractivity contribution in [2.75, 3.05) is 0 Å². The Hall–Kier alpha value is -2.80. The van der Waals surface area contributed by atoms with Crippen molar-refractivity contribution in [1.29, 1.82) is 0 Å². The first-order valence-corrected chi connectivity index (χ1v) is 18.4. The minimum Gasteiger partial charge on any atom is -0.358 e. The van der Waals surface area contributed by atoms with Gasteiger partial charge in [0.1, 0.15) is 0 Å². The predicted octanol–water partition coefficient (Wildman–Crippen LogP) is 14.2. The molecule has 0 spiro atoms. The average Bonchev–Trinajstić information content (AvgIpc) is 3.60. The SMILES string of the molecule is CC(C)c1cc2c(-c3ccc(C(C)(C)C)cc3)cccc2[cH-]1.C[Si]C.Cc1cc2c(-c3ccc(C(C)(C)C)cc3)cccc2[cH-]1.[CH3-].[CH3-].[Zr+4]. The summed E-state index contributed by atoms with van der Waals surface area (Å²) in [6.07, 6.45) is 0. The van der Waals surface area contributed by atoms with Gasteiger partial charge in [0, 0.05) is 9.52 Å². The summed E-state index contributed by atoms with van der Waals surface area (Å²) in [5, 5.41) is 5.41. The van der Waals surface area contributed by atoms with Crippen molar-refractivity contribution >= 4 is 31.1 Å². The molecule has 0 nitrogen and oxygen atoms in total. The van der Waals surface area contributed by atoms with E-state index < -0.39 is 0 Å². The monoisotopic (exact) mass is 728 g/mol. The largest absolute Gasteiger partial charge is 4.00 e. The van der Waals surface area contributed by atoms with Crippen molar-refractivity contribution in [3.8, 4) is 22.3 Å². The molecule has 6 aromatic rings. The molecule has 0 aliphatic rings. The minimum atomic E-state index is 0. The Balaban J connectivity index is 0.000000421. The van der Waals surface area contributed by atoms with Crippen LogP contribution >= 0.6 is 0 Å². The van der Waals surface area contributed by atoms with Gasteiger partial charge in [-0.05, 0) is 39.0 Å². The van der Waals surface area contributed by atoms with Gasteiger partial charge in [-0.2, -0.15) is 12.1 Å². The van der Waals surface area contributed by atoms with Crippen LogP contribution in [0.15, 0.2) is 109 Å². The van der Waals surface area contributed by atoms with Crippen molar-refractivity contribution in [1.82, 2.24) is 0 Å². The van der Waals surface area contributed by atoms with Gasteiger partial charge < -0.3 is 14.9 Å². The molecule has 0 saturated carbocycles. The van der Waals surface area contributed by atoms with E-state index in [0.29, 0.717) is 5.92 Å². The molecule has 6 aromatic carbocycles. The molecule has 0 unspecified atom stereocenters. The van der Waals surface area contributed by atoms with E-state index in [-0.39, 0.29) is 51.9 Å². The zero-order valence-corrected chi connectivity index (χ0v) is 35.4. The van der Waals surface area contributed by atoms with Gasteiger partial charge >= 0.3 is 26.2 Å². The van der Waals surface area contributed by atoms with Crippen LogP contribution in [0, 0.1) is 21.8 Å². The van der Waals surface area contributed by atoms with Gasteiger partial charge in [0.2, 0.25) is 0 Å². The maximum absolute atomic E-state index is 2.35. The van der Waals surface area contributed by atoms with Crippen LogP contribution in [-0.2, 0) is 37.0 Å². The molecule has 0 fully saturated rings. The van der Waals surface area contributed by atoms with Crippen LogP contribution in [0.4, 0.5) is 0 Å². The molecule has 0 aliphatic carbocycles. The number of hydrogen-bond acceptors (Lipinski definition) is 0. The van der Waals surface area contributed by atoms with Gasteiger partial charge in [-0.3, -0.25) is 0 Å². The van der Waals surface area contributed by atoms with E-state index in [1.165, 1.54) is 66.1 Å². The summed E-state index contributed by atoms with van der Waals surface area (Å²) in [7, 11) is 1.08. The van der Waals surface area contributed by atoms with Gasteiger partial charge in [0.05, 0.1) is 0 Å². The first kappa shape index (κ1) is 43.2. The van der Waals surface area contributed by atoms with Crippen LogP contribution in [0.5, 0.6) is 0 Å². The topological polar surface area (TPSA) is 0 Å². The molecule has 0 amide bonds. The van der Waals surface area contributed by atoms with Crippen molar-refractivity contribution in [2.24, 2.45) is 0 Å². The molecular weight excluding hydrogens is 672 g/mol. The third kappa shape index (κ3) is 10.6. The maximum atomic E-state index is 2.35. The van der Waals surface area contributed by atoms with E-state index in [9.17, 15) is 0 Å². The molecule has 0 heterocycles. The third-order valence-electron chi connectivity index (χ3n) is 8.46. The second kappa shape index (κ2) is 18.3. The second-order valence-electron chi connectivity index (χ2n) is 14.7. The molecule has 6 rings (SSSR count). The average molecular weight is 730 g/mol. The summed E-state index contributed by atoms with van der Waals surface area (Å²) < 4.78 is 0. The fourth-order valence-electron chi connectivity index (χ4n) is 5.78. The first-order chi connectivity index (χ1) is 21.2. The third-order valence-corrected chi connectivity index (χ3v) is 8.46. The molecule has 2 radical (unpaired) electrons. The van der Waals surface area contributed by atoms with Gasteiger partial charge in [-0.15, -0.1) is 69.1 Å². The Morgan fingerprint density at radius 1 is 0.562 bits per heavy atom. The van der Waals surface area contributed by atoms with Crippen LogP contribution in [0.3, 0.4) is 0 Å². The molecule has 0 aromatic heterocycles. The summed E-state index contributed by atoms with van der Waals surface area (Å²) in [5.74, 6) is 0.573. The molecule has 2 heteroatoms. The molecule has 0 bridgehead atoms. The Bertz CT molecular complexity index is 1810. The van der Waals surface area contributed by atoms with Gasteiger partial charge in [-0.1, -0.05) is 147 Å². The Labute approximate surface area is 316 Å². The van der Waals surface area contributed by atoms with Gasteiger partial charge in [-0.25, -0.2) is 0 Å². The minimum absolute atomic E-state index is 0. The van der Waals surface area contributed by atoms with Crippen LogP contribution in [-0.4, -0.2) is 9.52 Å². The van der Waals surface area contributed by atoms with E-state index in [4.69, 9.17) is 0 Å². The zero-order valence-electron chi connectivity index (χ0n) is 32.0. The summed E-state index contributed by atoms with van der Waals surface area (Å²) in [6.45, 7) is 24.5. The Morgan fingerprint density at radius 3 is 1.31 bits per heavy atom. The van der Waals surface area contributed by atoms with E-state index in [1.807, 2.05) is 0 Å². The molecule has 250 valence electrons. The van der Waals surface area contributed by atoms with Crippen LogP contribution in [0.1, 0.15) is 83.6 Å². The summed E-state index contributed by atoms with van der Waals surface area (Å²) >= 11 is 0. The second-order valence-corrected chi connectivity index (χ2v) is 15.7. The quantitative estimate of drug-likeness (QED) is 0.126. The molecule has 0 N–H and O–H groups in total. The van der Waals surface area contributed by atoms with Crippen molar-refractivity contribution in [3.05, 3.63) is 146 Å².